The largest absolute Gasteiger partial charge is 0.294 e. The summed E-state index contributed by atoms with van der Waals surface area (Å²) < 4.78 is 1.74. The van der Waals surface area contributed by atoms with Crippen LogP contribution >= 0.6 is 11.8 Å². The minimum atomic E-state index is -0.191. The Balaban J connectivity index is 2.54. The van der Waals surface area contributed by atoms with Crippen LogP contribution in [0.2, 0.25) is 0 Å². The Morgan fingerprint density at radius 2 is 2.54 bits per heavy atom. The lowest BCUT2D eigenvalue weighted by atomic mass is 10.5. The number of carbonyl (C=O) groups is 1. The fraction of sp³-hybridized carbons (Fsp3) is 0.429. The van der Waals surface area contributed by atoms with Crippen LogP contribution in [-0.4, -0.2) is 21.4 Å². The lowest BCUT2D eigenvalue weighted by Gasteiger charge is -1.99. The number of thioether (sulfide) groups is 1. The summed E-state index contributed by atoms with van der Waals surface area (Å²) in [6.07, 6.45) is 0. The summed E-state index contributed by atoms with van der Waals surface area (Å²) in [6.45, 7) is 1.91. The molecule has 6 heteroatoms. The minimum Gasteiger partial charge on any atom is -0.294 e. The molecule has 72 valence electrons. The maximum atomic E-state index is 10.8. The van der Waals surface area contributed by atoms with Gasteiger partial charge in [-0.3, -0.25) is 14.9 Å². The molecule has 0 aliphatic carbocycles. The first-order valence-corrected chi connectivity index (χ1v) is 4.75. The number of nitrogens with two attached hydrogens (primary N) is 1. The zero-order valence-electron chi connectivity index (χ0n) is 7.57. The molecule has 1 amide bonds. The summed E-state index contributed by atoms with van der Waals surface area (Å²) >= 11 is 1.41. The third-order valence-corrected chi connectivity index (χ3v) is 2.56. The molecule has 0 aromatic carbocycles. The molecule has 0 fully saturated rings. The Bertz CT molecular complexity index is 309. The molecule has 1 aromatic rings. The number of rotatable bonds is 3. The Morgan fingerprint density at radius 3 is 3.00 bits per heavy atom. The van der Waals surface area contributed by atoms with E-state index < -0.39 is 0 Å². The molecule has 1 aromatic heterocycles. The summed E-state index contributed by atoms with van der Waals surface area (Å²) in [5, 5.41) is 5.11. The molecule has 1 heterocycles. The van der Waals surface area contributed by atoms with Crippen molar-refractivity contribution in [3.63, 3.8) is 0 Å². The summed E-state index contributed by atoms with van der Waals surface area (Å²) in [7, 11) is 1.84. The first kappa shape index (κ1) is 10.1. The number of hydrazine groups is 1. The molecule has 5 nitrogen and oxygen atoms in total. The fourth-order valence-corrected chi connectivity index (χ4v) is 1.75. The zero-order valence-corrected chi connectivity index (χ0v) is 8.39. The molecule has 0 saturated heterocycles. The van der Waals surface area contributed by atoms with Crippen molar-refractivity contribution in [3.8, 4) is 0 Å². The highest BCUT2D eigenvalue weighted by Crippen LogP contribution is 2.17. The van der Waals surface area contributed by atoms with Crippen LogP contribution in [0, 0.1) is 6.92 Å². The van der Waals surface area contributed by atoms with Gasteiger partial charge in [0.1, 0.15) is 0 Å². The number of aryl methyl sites for hydroxylation is 2. The highest BCUT2D eigenvalue weighted by atomic mass is 32.2. The van der Waals surface area contributed by atoms with E-state index in [0.29, 0.717) is 5.75 Å². The Kier molecular flexibility index (Phi) is 3.32. The monoisotopic (exact) mass is 200 g/mol. The Morgan fingerprint density at radius 1 is 1.85 bits per heavy atom. The van der Waals surface area contributed by atoms with Crippen molar-refractivity contribution in [1.29, 1.82) is 0 Å². The van der Waals surface area contributed by atoms with E-state index in [1.807, 2.05) is 20.0 Å². The second kappa shape index (κ2) is 4.29. The highest BCUT2D eigenvalue weighted by molar-refractivity contribution is 7.99. The van der Waals surface area contributed by atoms with Crippen molar-refractivity contribution in [3.05, 3.63) is 11.8 Å². The molecule has 0 bridgehead atoms. The number of carbonyl (C=O) groups excluding carboxylic acids is 1. The first-order valence-electron chi connectivity index (χ1n) is 3.76. The van der Waals surface area contributed by atoms with E-state index in [2.05, 4.69) is 10.5 Å². The first-order chi connectivity index (χ1) is 6.13. The van der Waals surface area contributed by atoms with Crippen molar-refractivity contribution >= 4 is 17.7 Å². The molecule has 0 atom stereocenters. The number of nitrogens with zero attached hydrogens (tertiary/aromatic N) is 2. The van der Waals surface area contributed by atoms with Crippen molar-refractivity contribution in [2.24, 2.45) is 12.9 Å². The number of hydrogen-bond donors (Lipinski definition) is 2. The van der Waals surface area contributed by atoms with Crippen molar-refractivity contribution in [1.82, 2.24) is 15.2 Å². The van der Waals surface area contributed by atoms with Crippen LogP contribution in [0.3, 0.4) is 0 Å². The van der Waals surface area contributed by atoms with Gasteiger partial charge in [-0.25, -0.2) is 5.84 Å². The second-order valence-corrected chi connectivity index (χ2v) is 3.60. The van der Waals surface area contributed by atoms with Gasteiger partial charge < -0.3 is 0 Å². The molecular weight excluding hydrogens is 188 g/mol. The molecule has 0 radical (unpaired) electrons. The number of aromatic nitrogens is 2. The van der Waals surface area contributed by atoms with Crippen LogP contribution in [0.5, 0.6) is 0 Å². The van der Waals surface area contributed by atoms with Crippen LogP contribution in [-0.2, 0) is 11.8 Å². The van der Waals surface area contributed by atoms with Gasteiger partial charge in [0.2, 0.25) is 5.91 Å². The standard InChI is InChI=1S/C7H12N4OS/c1-5-3-7(11(2)10-5)13-4-6(12)9-8/h3H,4,8H2,1-2H3,(H,9,12). The van der Waals surface area contributed by atoms with Gasteiger partial charge >= 0.3 is 0 Å². The summed E-state index contributed by atoms with van der Waals surface area (Å²) in [5.41, 5.74) is 3.01. The van der Waals surface area contributed by atoms with Gasteiger partial charge in [-0.2, -0.15) is 5.10 Å². The number of hydrogen-bond acceptors (Lipinski definition) is 4. The van der Waals surface area contributed by atoms with Crippen molar-refractivity contribution in [2.75, 3.05) is 5.75 Å². The van der Waals surface area contributed by atoms with Crippen LogP contribution in [0.25, 0.3) is 0 Å². The maximum Gasteiger partial charge on any atom is 0.244 e. The number of amides is 1. The summed E-state index contributed by atoms with van der Waals surface area (Å²) in [4.78, 5) is 10.8. The predicted octanol–water partition coefficient (Wildman–Crippen LogP) is -0.189. The molecular formula is C7H12N4OS. The highest BCUT2D eigenvalue weighted by Gasteiger charge is 2.05. The van der Waals surface area contributed by atoms with E-state index in [1.165, 1.54) is 11.8 Å². The second-order valence-electron chi connectivity index (χ2n) is 2.60. The maximum absolute atomic E-state index is 10.8. The lowest BCUT2D eigenvalue weighted by molar-refractivity contribution is -0.118. The molecule has 0 spiro atoms. The number of nitrogens with one attached hydrogen (secondary N) is 1. The Hall–Kier alpha value is -1.01. The molecule has 0 unspecified atom stereocenters. The van der Waals surface area contributed by atoms with Crippen LogP contribution in [0.1, 0.15) is 5.69 Å². The average Bonchev–Trinajstić information content (AvgIpc) is 2.41. The van der Waals surface area contributed by atoms with Crippen LogP contribution in [0.4, 0.5) is 0 Å². The third-order valence-electron chi connectivity index (χ3n) is 1.47. The fourth-order valence-electron chi connectivity index (χ4n) is 0.903. The van der Waals surface area contributed by atoms with Crippen molar-refractivity contribution < 1.29 is 4.79 Å². The lowest BCUT2D eigenvalue weighted by Crippen LogP contribution is -2.31. The average molecular weight is 200 g/mol. The Labute approximate surface area is 80.6 Å². The quantitative estimate of drug-likeness (QED) is 0.307. The van der Waals surface area contributed by atoms with E-state index in [-0.39, 0.29) is 5.91 Å². The normalized spacial score (nSPS) is 10.1. The van der Waals surface area contributed by atoms with E-state index in [9.17, 15) is 4.79 Å². The molecule has 0 aliphatic heterocycles. The predicted molar refractivity (Wildman–Crippen MR) is 51.0 cm³/mol. The van der Waals surface area contributed by atoms with Gasteiger partial charge in [-0.05, 0) is 13.0 Å². The topological polar surface area (TPSA) is 72.9 Å². The van der Waals surface area contributed by atoms with Gasteiger partial charge in [-0.1, -0.05) is 11.8 Å². The van der Waals surface area contributed by atoms with E-state index in [1.54, 1.807) is 4.68 Å². The summed E-state index contributed by atoms with van der Waals surface area (Å²) in [6, 6.07) is 1.93. The minimum absolute atomic E-state index is 0.191. The molecule has 0 saturated carbocycles. The SMILES string of the molecule is Cc1cc(SCC(=O)NN)n(C)n1. The van der Waals surface area contributed by atoms with Gasteiger partial charge in [0.15, 0.2) is 0 Å². The van der Waals surface area contributed by atoms with Gasteiger partial charge in [0.25, 0.3) is 0 Å². The third kappa shape index (κ3) is 2.74. The van der Waals surface area contributed by atoms with Gasteiger partial charge in [0.05, 0.1) is 16.5 Å². The van der Waals surface area contributed by atoms with Crippen LogP contribution in [0.15, 0.2) is 11.1 Å². The molecule has 13 heavy (non-hydrogen) atoms. The molecule has 0 aliphatic rings. The smallest absolute Gasteiger partial charge is 0.244 e. The van der Waals surface area contributed by atoms with E-state index in [0.717, 1.165) is 10.7 Å². The van der Waals surface area contributed by atoms with Gasteiger partial charge in [-0.15, -0.1) is 0 Å². The zero-order chi connectivity index (χ0) is 9.84. The van der Waals surface area contributed by atoms with E-state index in [4.69, 9.17) is 5.84 Å². The van der Waals surface area contributed by atoms with E-state index >= 15 is 0 Å². The van der Waals surface area contributed by atoms with Gasteiger partial charge in [0, 0.05) is 7.05 Å². The van der Waals surface area contributed by atoms with Crippen molar-refractivity contribution in [2.45, 2.75) is 11.9 Å². The molecule has 1 rings (SSSR count). The summed E-state index contributed by atoms with van der Waals surface area (Å²) in [5.74, 6) is 5.07. The van der Waals surface area contributed by atoms with Crippen LogP contribution < -0.4 is 11.3 Å². The molecule has 3 N–H and O–H groups in total.